The van der Waals surface area contributed by atoms with Crippen LogP contribution in [0.2, 0.25) is 0 Å². The summed E-state index contributed by atoms with van der Waals surface area (Å²) < 4.78 is 0. The summed E-state index contributed by atoms with van der Waals surface area (Å²) in [4.78, 5) is 11.6. The Morgan fingerprint density at radius 2 is 2.17 bits per heavy atom. The van der Waals surface area contributed by atoms with E-state index in [1.54, 1.807) is 0 Å². The van der Waals surface area contributed by atoms with Gasteiger partial charge in [-0.15, -0.1) is 0 Å². The van der Waals surface area contributed by atoms with Gasteiger partial charge < -0.3 is 10.6 Å². The molecule has 0 aromatic carbocycles. The molecule has 1 aliphatic carbocycles. The molecule has 0 bridgehead atoms. The van der Waals surface area contributed by atoms with Crippen LogP contribution < -0.4 is 10.6 Å². The third-order valence-electron chi connectivity index (χ3n) is 3.23. The van der Waals surface area contributed by atoms with Gasteiger partial charge in [-0.05, 0) is 44.6 Å². The van der Waals surface area contributed by atoms with Crippen LogP contribution in [0.15, 0.2) is 11.6 Å². The van der Waals surface area contributed by atoms with Gasteiger partial charge in [0.2, 0.25) is 5.91 Å². The lowest BCUT2D eigenvalue weighted by Crippen LogP contribution is -2.29. The Kier molecular flexibility index (Phi) is 7.74. The van der Waals surface area contributed by atoms with Crippen molar-refractivity contribution >= 4 is 5.91 Å². The third kappa shape index (κ3) is 7.49. The van der Waals surface area contributed by atoms with Gasteiger partial charge in [0.1, 0.15) is 0 Å². The molecule has 0 unspecified atom stereocenters. The molecule has 1 aliphatic rings. The Morgan fingerprint density at radius 1 is 1.33 bits per heavy atom. The van der Waals surface area contributed by atoms with Gasteiger partial charge in [0.15, 0.2) is 0 Å². The number of carbonyl (C=O) groups excluding carboxylic acids is 1. The average molecular weight is 252 g/mol. The Bertz CT molecular complexity index is 272. The molecule has 0 fully saturated rings. The lowest BCUT2D eigenvalue weighted by Gasteiger charge is -2.13. The smallest absolute Gasteiger partial charge is 0.221 e. The lowest BCUT2D eigenvalue weighted by molar-refractivity contribution is -0.120. The van der Waals surface area contributed by atoms with Crippen LogP contribution in [0.5, 0.6) is 0 Å². The van der Waals surface area contributed by atoms with Crippen LogP contribution in [0.25, 0.3) is 0 Å². The van der Waals surface area contributed by atoms with E-state index in [-0.39, 0.29) is 5.91 Å². The van der Waals surface area contributed by atoms with Crippen LogP contribution in [0.3, 0.4) is 0 Å². The molecule has 0 aliphatic heterocycles. The first-order valence-corrected chi connectivity index (χ1v) is 7.34. The van der Waals surface area contributed by atoms with Crippen LogP contribution in [0.4, 0.5) is 0 Å². The van der Waals surface area contributed by atoms with E-state index in [0.29, 0.717) is 12.3 Å². The number of amides is 1. The van der Waals surface area contributed by atoms with Crippen LogP contribution in [0, 0.1) is 5.92 Å². The van der Waals surface area contributed by atoms with Gasteiger partial charge in [-0.3, -0.25) is 4.79 Å². The molecule has 18 heavy (non-hydrogen) atoms. The van der Waals surface area contributed by atoms with E-state index in [9.17, 15) is 4.79 Å². The maximum Gasteiger partial charge on any atom is 0.221 e. The summed E-state index contributed by atoms with van der Waals surface area (Å²) in [5.41, 5.74) is 1.53. The van der Waals surface area contributed by atoms with E-state index in [1.165, 1.54) is 31.3 Å². The highest BCUT2D eigenvalue weighted by Gasteiger charge is 2.05. The standard InChI is InChI=1S/C15H28N2O/c1-13(2)12-16-10-9-15(18)17-11-8-14-6-4-3-5-7-14/h6,13,16H,3-5,7-12H2,1-2H3,(H,17,18). The van der Waals surface area contributed by atoms with Crippen molar-refractivity contribution in [3.05, 3.63) is 11.6 Å². The van der Waals surface area contributed by atoms with Crippen molar-refractivity contribution in [3.63, 3.8) is 0 Å². The van der Waals surface area contributed by atoms with Crippen molar-refractivity contribution in [2.24, 2.45) is 5.92 Å². The predicted octanol–water partition coefficient (Wildman–Crippen LogP) is 2.63. The minimum Gasteiger partial charge on any atom is -0.356 e. The summed E-state index contributed by atoms with van der Waals surface area (Å²) in [7, 11) is 0. The zero-order valence-electron chi connectivity index (χ0n) is 11.9. The van der Waals surface area contributed by atoms with Crippen LogP contribution in [-0.4, -0.2) is 25.5 Å². The van der Waals surface area contributed by atoms with Crippen LogP contribution in [-0.2, 0) is 4.79 Å². The first-order chi connectivity index (χ1) is 8.68. The number of hydrogen-bond donors (Lipinski definition) is 2. The second-order valence-electron chi connectivity index (χ2n) is 5.56. The number of hydrogen-bond acceptors (Lipinski definition) is 2. The van der Waals surface area contributed by atoms with Gasteiger partial charge >= 0.3 is 0 Å². The second-order valence-corrected chi connectivity index (χ2v) is 5.56. The molecule has 0 spiro atoms. The van der Waals surface area contributed by atoms with E-state index < -0.39 is 0 Å². The van der Waals surface area contributed by atoms with E-state index in [2.05, 4.69) is 30.6 Å². The molecular formula is C15H28N2O. The number of nitrogens with one attached hydrogen (secondary N) is 2. The lowest BCUT2D eigenvalue weighted by atomic mass is 9.97. The molecule has 3 nitrogen and oxygen atoms in total. The van der Waals surface area contributed by atoms with E-state index in [4.69, 9.17) is 0 Å². The quantitative estimate of drug-likeness (QED) is 0.515. The number of allylic oxidation sites excluding steroid dienone is 1. The van der Waals surface area contributed by atoms with Crippen molar-refractivity contribution in [2.75, 3.05) is 19.6 Å². The van der Waals surface area contributed by atoms with Gasteiger partial charge in [0.25, 0.3) is 0 Å². The Morgan fingerprint density at radius 3 is 2.83 bits per heavy atom. The molecule has 0 saturated carbocycles. The van der Waals surface area contributed by atoms with Crippen LogP contribution in [0.1, 0.15) is 52.4 Å². The van der Waals surface area contributed by atoms with Gasteiger partial charge in [0.05, 0.1) is 0 Å². The molecule has 0 aromatic heterocycles. The summed E-state index contributed by atoms with van der Waals surface area (Å²) >= 11 is 0. The summed E-state index contributed by atoms with van der Waals surface area (Å²) in [6.45, 7) is 6.91. The zero-order valence-corrected chi connectivity index (χ0v) is 11.9. The minimum absolute atomic E-state index is 0.169. The van der Waals surface area contributed by atoms with Crippen molar-refractivity contribution in [1.82, 2.24) is 10.6 Å². The van der Waals surface area contributed by atoms with Crippen molar-refractivity contribution in [2.45, 2.75) is 52.4 Å². The fourth-order valence-electron chi connectivity index (χ4n) is 2.18. The van der Waals surface area contributed by atoms with E-state index in [0.717, 1.165) is 26.1 Å². The van der Waals surface area contributed by atoms with Gasteiger partial charge in [-0.2, -0.15) is 0 Å². The molecule has 3 heteroatoms. The van der Waals surface area contributed by atoms with E-state index in [1.807, 2.05) is 0 Å². The Labute approximate surface area is 111 Å². The number of carbonyl (C=O) groups is 1. The van der Waals surface area contributed by atoms with Crippen molar-refractivity contribution < 1.29 is 4.79 Å². The Balaban J connectivity index is 1.98. The second kappa shape index (κ2) is 9.15. The molecule has 0 radical (unpaired) electrons. The average Bonchev–Trinajstić information content (AvgIpc) is 2.36. The molecule has 0 heterocycles. The largest absolute Gasteiger partial charge is 0.356 e. The summed E-state index contributed by atoms with van der Waals surface area (Å²) in [5.74, 6) is 0.814. The molecule has 1 rings (SSSR count). The first kappa shape index (κ1) is 15.2. The first-order valence-electron chi connectivity index (χ1n) is 7.34. The summed E-state index contributed by atoms with van der Waals surface area (Å²) in [6.07, 6.45) is 9.07. The molecule has 0 aromatic rings. The molecule has 2 N–H and O–H groups in total. The summed E-state index contributed by atoms with van der Waals surface area (Å²) in [6, 6.07) is 0. The normalized spacial score (nSPS) is 15.6. The monoisotopic (exact) mass is 252 g/mol. The van der Waals surface area contributed by atoms with Crippen LogP contribution >= 0.6 is 0 Å². The molecular weight excluding hydrogens is 224 g/mol. The van der Waals surface area contributed by atoms with Gasteiger partial charge in [-0.1, -0.05) is 25.5 Å². The SMILES string of the molecule is CC(C)CNCCC(=O)NCCC1=CCCCC1. The third-order valence-corrected chi connectivity index (χ3v) is 3.23. The highest BCUT2D eigenvalue weighted by Crippen LogP contribution is 2.19. The van der Waals surface area contributed by atoms with Gasteiger partial charge in [-0.25, -0.2) is 0 Å². The maximum absolute atomic E-state index is 11.6. The topological polar surface area (TPSA) is 41.1 Å². The molecule has 104 valence electrons. The highest BCUT2D eigenvalue weighted by atomic mass is 16.1. The summed E-state index contributed by atoms with van der Waals surface area (Å²) in [5, 5.41) is 6.28. The Hall–Kier alpha value is -0.830. The number of rotatable bonds is 8. The van der Waals surface area contributed by atoms with Crippen molar-refractivity contribution in [1.29, 1.82) is 0 Å². The fraction of sp³-hybridized carbons (Fsp3) is 0.800. The molecule has 0 saturated heterocycles. The van der Waals surface area contributed by atoms with Crippen molar-refractivity contribution in [3.8, 4) is 0 Å². The zero-order chi connectivity index (χ0) is 13.2. The minimum atomic E-state index is 0.169. The van der Waals surface area contributed by atoms with E-state index >= 15 is 0 Å². The maximum atomic E-state index is 11.6. The molecule has 1 amide bonds. The van der Waals surface area contributed by atoms with Gasteiger partial charge in [0, 0.05) is 19.5 Å². The fourth-order valence-corrected chi connectivity index (χ4v) is 2.18. The molecule has 0 atom stereocenters. The predicted molar refractivity (Wildman–Crippen MR) is 76.5 cm³/mol. The highest BCUT2D eigenvalue weighted by molar-refractivity contribution is 5.76.